The number of amides is 2. The molecule has 2 aromatic rings. The third-order valence-electron chi connectivity index (χ3n) is 8.66. The van der Waals surface area contributed by atoms with Crippen LogP contribution in [-0.2, 0) is 20.3 Å². The van der Waals surface area contributed by atoms with Crippen molar-refractivity contribution in [2.45, 2.75) is 112 Å². The number of aliphatic hydroxyl groups is 6. The molecule has 12 nitrogen and oxygen atoms in total. The summed E-state index contributed by atoms with van der Waals surface area (Å²) in [5.74, 6) is -1.13. The minimum Gasteiger partial charge on any atom is -0.394 e. The molecule has 8 N–H and O–H groups in total. The number of benzene rings is 2. The van der Waals surface area contributed by atoms with Crippen molar-refractivity contribution in [2.24, 2.45) is 0 Å². The first-order valence-corrected chi connectivity index (χ1v) is 16.6. The van der Waals surface area contributed by atoms with Crippen molar-refractivity contribution in [2.75, 3.05) is 13.2 Å². The Morgan fingerprint density at radius 3 is 1.21 bits per heavy atom. The summed E-state index contributed by atoms with van der Waals surface area (Å²) in [6, 6.07) is 11.3. The van der Waals surface area contributed by atoms with Gasteiger partial charge in [0.05, 0.1) is 25.3 Å². The van der Waals surface area contributed by atoms with Gasteiger partial charge in [-0.3, -0.25) is 9.59 Å². The Morgan fingerprint density at radius 2 is 0.936 bits per heavy atom. The summed E-state index contributed by atoms with van der Waals surface area (Å²) >= 11 is 0.771. The Bertz CT molecular complexity index is 1260. The number of ether oxygens (including phenoxy) is 2. The monoisotopic (exact) mass is 676 g/mol. The number of thioether (sulfide) groups is 1. The Labute approximate surface area is 279 Å². The highest BCUT2D eigenvalue weighted by molar-refractivity contribution is 8.00. The Balaban J connectivity index is 1.49. The number of hydrogen-bond acceptors (Lipinski definition) is 11. The van der Waals surface area contributed by atoms with Crippen molar-refractivity contribution in [3.8, 4) is 0 Å². The van der Waals surface area contributed by atoms with E-state index in [1.165, 1.54) is 0 Å². The predicted molar refractivity (Wildman–Crippen MR) is 176 cm³/mol. The maximum absolute atomic E-state index is 13.2. The fourth-order valence-electron chi connectivity index (χ4n) is 5.59. The molecule has 0 aliphatic carbocycles. The Hall–Kier alpha value is -2.59. The van der Waals surface area contributed by atoms with Gasteiger partial charge in [0.2, 0.25) is 0 Å². The Morgan fingerprint density at radius 1 is 0.617 bits per heavy atom. The van der Waals surface area contributed by atoms with Crippen LogP contribution < -0.4 is 10.6 Å². The second-order valence-corrected chi connectivity index (χ2v) is 15.4. The number of carbonyl (C=O) groups is 2. The molecule has 2 aliphatic heterocycles. The highest BCUT2D eigenvalue weighted by Crippen LogP contribution is 2.37. The first-order valence-electron chi connectivity index (χ1n) is 15.7. The van der Waals surface area contributed by atoms with E-state index in [1.54, 1.807) is 24.3 Å². The van der Waals surface area contributed by atoms with Gasteiger partial charge in [-0.1, -0.05) is 77.6 Å². The van der Waals surface area contributed by atoms with E-state index in [-0.39, 0.29) is 10.8 Å². The maximum atomic E-state index is 13.2. The number of nitrogens with one attached hydrogen (secondary N) is 2. The molecule has 47 heavy (non-hydrogen) atoms. The van der Waals surface area contributed by atoms with E-state index in [4.69, 9.17) is 9.47 Å². The molecule has 2 aromatic carbocycles. The van der Waals surface area contributed by atoms with Crippen LogP contribution in [0.4, 0.5) is 0 Å². The van der Waals surface area contributed by atoms with Crippen LogP contribution in [0.1, 0.15) is 73.4 Å². The van der Waals surface area contributed by atoms with Crippen LogP contribution >= 0.6 is 11.8 Å². The smallest absolute Gasteiger partial charge is 0.251 e. The zero-order valence-electron chi connectivity index (χ0n) is 27.5. The molecule has 260 valence electrons. The number of hydrogen-bond donors (Lipinski definition) is 8. The fraction of sp³-hybridized carbons (Fsp3) is 0.588. The van der Waals surface area contributed by atoms with Crippen LogP contribution in [0.5, 0.6) is 0 Å². The molecule has 0 saturated carbocycles. The fourth-order valence-corrected chi connectivity index (χ4v) is 6.92. The average Bonchev–Trinajstić information content (AvgIpc) is 3.02. The molecule has 0 radical (unpaired) electrons. The lowest BCUT2D eigenvalue weighted by molar-refractivity contribution is -0.175. The molecule has 2 unspecified atom stereocenters. The molecule has 13 heteroatoms. The third-order valence-corrected chi connectivity index (χ3v) is 9.98. The van der Waals surface area contributed by atoms with Gasteiger partial charge in [0.1, 0.15) is 47.5 Å². The van der Waals surface area contributed by atoms with Crippen molar-refractivity contribution in [1.29, 1.82) is 0 Å². The molecular weight excluding hydrogens is 628 g/mol. The minimum absolute atomic E-state index is 0.128. The van der Waals surface area contributed by atoms with Crippen molar-refractivity contribution in [3.63, 3.8) is 0 Å². The van der Waals surface area contributed by atoms with Crippen LogP contribution in [0, 0.1) is 0 Å². The van der Waals surface area contributed by atoms with Gasteiger partial charge < -0.3 is 50.7 Å². The molecule has 2 heterocycles. The van der Waals surface area contributed by atoms with Crippen LogP contribution in [0.2, 0.25) is 0 Å². The van der Waals surface area contributed by atoms with E-state index < -0.39 is 84.6 Å². The molecular formula is C34H48N2O10S. The summed E-state index contributed by atoms with van der Waals surface area (Å²) in [6.07, 6.45) is -8.47. The molecule has 0 bridgehead atoms. The van der Waals surface area contributed by atoms with Gasteiger partial charge in [0, 0.05) is 11.1 Å². The lowest BCUT2D eigenvalue weighted by Gasteiger charge is -2.46. The van der Waals surface area contributed by atoms with Gasteiger partial charge in [0.15, 0.2) is 0 Å². The van der Waals surface area contributed by atoms with Crippen molar-refractivity contribution < 1.29 is 49.7 Å². The summed E-state index contributed by atoms with van der Waals surface area (Å²) in [5, 5.41) is 69.5. The Kier molecular flexibility index (Phi) is 11.8. The van der Waals surface area contributed by atoms with Gasteiger partial charge in [-0.2, -0.15) is 0 Å². The van der Waals surface area contributed by atoms with Gasteiger partial charge >= 0.3 is 0 Å². The molecule has 2 saturated heterocycles. The van der Waals surface area contributed by atoms with E-state index >= 15 is 0 Å². The summed E-state index contributed by atoms with van der Waals surface area (Å²) in [4.78, 5) is 26.3. The van der Waals surface area contributed by atoms with Gasteiger partial charge in [-0.15, -0.1) is 0 Å². The second-order valence-electron chi connectivity index (χ2n) is 14.2. The first-order chi connectivity index (χ1) is 22.0. The molecule has 4 rings (SSSR count). The largest absolute Gasteiger partial charge is 0.394 e. The summed E-state index contributed by atoms with van der Waals surface area (Å²) < 4.78 is 11.5. The highest BCUT2D eigenvalue weighted by atomic mass is 32.2. The SMILES string of the molecule is CC(C)(C)c1ccc(C(=O)N[C@H]2[C@@H](O)[C@@H](CO)OC(SC3O[C@H](CO)[C@H](O)[C@H](NC(=O)c4ccc(C(C)(C)C)cc4)[C@H]3O)[C@@H]2O)cc1. The van der Waals surface area contributed by atoms with Gasteiger partial charge in [0.25, 0.3) is 11.8 Å². The number of aliphatic hydroxyl groups excluding tert-OH is 6. The van der Waals surface area contributed by atoms with Crippen LogP contribution in [0.3, 0.4) is 0 Å². The highest BCUT2D eigenvalue weighted by Gasteiger charge is 2.50. The molecule has 2 fully saturated rings. The summed E-state index contributed by atoms with van der Waals surface area (Å²) in [7, 11) is 0. The summed E-state index contributed by atoms with van der Waals surface area (Å²) in [6.45, 7) is 11.0. The van der Waals surface area contributed by atoms with Crippen LogP contribution in [0.25, 0.3) is 0 Å². The summed E-state index contributed by atoms with van der Waals surface area (Å²) in [5.41, 5.74) is -0.130. The molecule has 0 aromatic heterocycles. The molecule has 2 aliphatic rings. The number of carbonyl (C=O) groups excluding carboxylic acids is 2. The van der Waals surface area contributed by atoms with Gasteiger partial charge in [-0.25, -0.2) is 0 Å². The van der Waals surface area contributed by atoms with E-state index in [9.17, 15) is 40.2 Å². The zero-order chi connectivity index (χ0) is 34.8. The average molecular weight is 677 g/mol. The molecule has 2 amide bonds. The lowest BCUT2D eigenvalue weighted by atomic mass is 9.86. The van der Waals surface area contributed by atoms with Crippen LogP contribution in [-0.4, -0.2) is 115 Å². The van der Waals surface area contributed by atoms with Crippen LogP contribution in [0.15, 0.2) is 48.5 Å². The quantitative estimate of drug-likeness (QED) is 0.197. The second kappa shape index (κ2) is 14.9. The van der Waals surface area contributed by atoms with Crippen molar-refractivity contribution >= 4 is 23.6 Å². The van der Waals surface area contributed by atoms with Crippen molar-refractivity contribution in [3.05, 3.63) is 70.8 Å². The normalized spacial score (nSPS) is 31.7. The van der Waals surface area contributed by atoms with E-state index in [1.807, 2.05) is 65.8 Å². The molecule has 0 spiro atoms. The lowest BCUT2D eigenvalue weighted by Crippen LogP contribution is -2.66. The molecule has 10 atom stereocenters. The minimum atomic E-state index is -1.54. The van der Waals surface area contributed by atoms with E-state index in [0.29, 0.717) is 11.1 Å². The standard InChI is InChI=1S/C34H48N2O10S/c1-33(2,3)19-11-7-17(8-12-19)29(43)35-23-25(39)21(15-37)45-31(27(23)41)47-32-28(42)24(26(40)22(16-38)46-32)36-30(44)18-9-13-20(14-10-18)34(4,5)6/h7-14,21-28,31-32,37-42H,15-16H2,1-6H3,(H,35,43)(H,36,44)/t21-,22-,23+,24+,25+,26+,27-,28-,31?,32?/m1/s1. The van der Waals surface area contributed by atoms with Crippen molar-refractivity contribution in [1.82, 2.24) is 10.6 Å². The van der Waals surface area contributed by atoms with E-state index in [0.717, 1.165) is 22.9 Å². The first kappa shape index (κ1) is 37.2. The number of rotatable bonds is 8. The topological polar surface area (TPSA) is 198 Å². The third kappa shape index (κ3) is 8.53. The zero-order valence-corrected chi connectivity index (χ0v) is 28.3. The van der Waals surface area contributed by atoms with E-state index in [2.05, 4.69) is 10.6 Å². The van der Waals surface area contributed by atoms with Gasteiger partial charge in [-0.05, 0) is 46.2 Å². The maximum Gasteiger partial charge on any atom is 0.251 e. The predicted octanol–water partition coefficient (Wildman–Crippen LogP) is 0.790.